The molecule has 1 saturated heterocycles. The fraction of sp³-hybridized carbons (Fsp3) is 1.00. The summed E-state index contributed by atoms with van der Waals surface area (Å²) in [5, 5.41) is 12.6. The van der Waals surface area contributed by atoms with Crippen molar-refractivity contribution in [2.24, 2.45) is 5.92 Å². The molecule has 2 N–H and O–H groups in total. The van der Waals surface area contributed by atoms with E-state index in [9.17, 15) is 5.11 Å². The van der Waals surface area contributed by atoms with Crippen molar-refractivity contribution in [2.45, 2.75) is 45.6 Å². The summed E-state index contributed by atoms with van der Waals surface area (Å²) >= 11 is 0. The molecule has 2 unspecified atom stereocenters. The van der Waals surface area contributed by atoms with Crippen molar-refractivity contribution in [1.82, 2.24) is 10.2 Å². The van der Waals surface area contributed by atoms with Crippen LogP contribution in [-0.4, -0.2) is 48.8 Å². The van der Waals surface area contributed by atoms with Crippen molar-refractivity contribution in [3.8, 4) is 0 Å². The lowest BCUT2D eigenvalue weighted by Gasteiger charge is -2.20. The van der Waals surface area contributed by atoms with E-state index in [0.717, 1.165) is 31.8 Å². The van der Waals surface area contributed by atoms with Crippen LogP contribution >= 0.6 is 0 Å². The zero-order valence-electron chi connectivity index (χ0n) is 10.9. The van der Waals surface area contributed by atoms with E-state index in [1.807, 2.05) is 0 Å². The maximum absolute atomic E-state index is 9.24. The molecule has 16 heavy (non-hydrogen) atoms. The van der Waals surface area contributed by atoms with Crippen LogP contribution in [0.5, 0.6) is 0 Å². The molecule has 0 aromatic carbocycles. The van der Waals surface area contributed by atoms with Gasteiger partial charge in [-0.05, 0) is 44.8 Å². The number of nitrogens with zero attached hydrogens (tertiary/aromatic N) is 1. The van der Waals surface area contributed by atoms with Gasteiger partial charge in [0, 0.05) is 12.6 Å². The highest BCUT2D eigenvalue weighted by atomic mass is 16.3. The Bertz CT molecular complexity index is 173. The number of hydrogen-bond donors (Lipinski definition) is 2. The Balaban J connectivity index is 2.12. The van der Waals surface area contributed by atoms with E-state index < -0.39 is 0 Å². The molecule has 0 aliphatic carbocycles. The molecule has 96 valence electrons. The van der Waals surface area contributed by atoms with Crippen LogP contribution in [0.4, 0.5) is 0 Å². The molecule has 1 fully saturated rings. The van der Waals surface area contributed by atoms with Gasteiger partial charge in [0.25, 0.3) is 0 Å². The highest BCUT2D eigenvalue weighted by molar-refractivity contribution is 4.76. The number of hydrogen-bond acceptors (Lipinski definition) is 3. The second-order valence-corrected chi connectivity index (χ2v) is 4.99. The molecule has 2 atom stereocenters. The Morgan fingerprint density at radius 2 is 2.25 bits per heavy atom. The molecule has 0 radical (unpaired) electrons. The molecule has 3 nitrogen and oxygen atoms in total. The van der Waals surface area contributed by atoms with Gasteiger partial charge in [-0.15, -0.1) is 0 Å². The molecule has 0 aromatic rings. The molecule has 0 bridgehead atoms. The maximum Gasteiger partial charge on any atom is 0.0585 e. The van der Waals surface area contributed by atoms with E-state index in [4.69, 9.17) is 0 Å². The Morgan fingerprint density at radius 3 is 2.81 bits per heavy atom. The molecular formula is C13H28N2O. The lowest BCUT2D eigenvalue weighted by molar-refractivity contribution is 0.216. The Kier molecular flexibility index (Phi) is 7.01. The van der Waals surface area contributed by atoms with Gasteiger partial charge < -0.3 is 15.3 Å². The molecule has 0 aromatic heterocycles. The first-order valence-corrected chi connectivity index (χ1v) is 6.86. The monoisotopic (exact) mass is 228 g/mol. The third-order valence-electron chi connectivity index (χ3n) is 3.64. The molecule has 1 heterocycles. The SMILES string of the molecule is CCCNC(CO)CCN1CCC(CC)C1. The predicted molar refractivity (Wildman–Crippen MR) is 68.6 cm³/mol. The Hall–Kier alpha value is -0.120. The predicted octanol–water partition coefficient (Wildman–Crippen LogP) is 1.47. The van der Waals surface area contributed by atoms with Crippen molar-refractivity contribution in [3.63, 3.8) is 0 Å². The minimum absolute atomic E-state index is 0.269. The minimum atomic E-state index is 0.269. The molecule has 1 aliphatic heterocycles. The van der Waals surface area contributed by atoms with Crippen LogP contribution in [-0.2, 0) is 0 Å². The molecule has 1 rings (SSSR count). The first-order valence-electron chi connectivity index (χ1n) is 6.86. The van der Waals surface area contributed by atoms with Gasteiger partial charge in [-0.3, -0.25) is 0 Å². The number of aliphatic hydroxyl groups excluding tert-OH is 1. The maximum atomic E-state index is 9.24. The van der Waals surface area contributed by atoms with Crippen LogP contribution in [0.1, 0.15) is 39.5 Å². The first kappa shape index (κ1) is 13.9. The van der Waals surface area contributed by atoms with Gasteiger partial charge in [0.15, 0.2) is 0 Å². The summed E-state index contributed by atoms with van der Waals surface area (Å²) in [6.45, 7) is 9.39. The van der Waals surface area contributed by atoms with Crippen LogP contribution in [0, 0.1) is 5.92 Å². The normalized spacial score (nSPS) is 23.8. The quantitative estimate of drug-likeness (QED) is 0.660. The number of nitrogens with one attached hydrogen (secondary N) is 1. The Morgan fingerprint density at radius 1 is 1.44 bits per heavy atom. The number of aliphatic hydroxyl groups is 1. The van der Waals surface area contributed by atoms with Crippen molar-refractivity contribution in [1.29, 1.82) is 0 Å². The van der Waals surface area contributed by atoms with E-state index in [2.05, 4.69) is 24.1 Å². The summed E-state index contributed by atoms with van der Waals surface area (Å²) in [6.07, 6.45) is 4.89. The third kappa shape index (κ3) is 4.81. The van der Waals surface area contributed by atoms with Crippen LogP contribution in [0.3, 0.4) is 0 Å². The van der Waals surface area contributed by atoms with Gasteiger partial charge in [-0.2, -0.15) is 0 Å². The molecule has 1 aliphatic rings. The van der Waals surface area contributed by atoms with Gasteiger partial charge >= 0.3 is 0 Å². The van der Waals surface area contributed by atoms with Gasteiger partial charge in [0.2, 0.25) is 0 Å². The molecule has 0 saturated carbocycles. The molecule has 0 amide bonds. The smallest absolute Gasteiger partial charge is 0.0585 e. The summed E-state index contributed by atoms with van der Waals surface area (Å²) in [7, 11) is 0. The van der Waals surface area contributed by atoms with E-state index in [-0.39, 0.29) is 6.61 Å². The summed E-state index contributed by atoms with van der Waals surface area (Å²) < 4.78 is 0. The average molecular weight is 228 g/mol. The second kappa shape index (κ2) is 8.04. The first-order chi connectivity index (χ1) is 7.80. The van der Waals surface area contributed by atoms with Crippen molar-refractivity contribution in [2.75, 3.05) is 32.8 Å². The standard InChI is InChI=1S/C13H28N2O/c1-3-7-14-13(11-16)6-9-15-8-5-12(4-2)10-15/h12-14,16H,3-11H2,1-2H3. The van der Waals surface area contributed by atoms with Gasteiger partial charge in [0.1, 0.15) is 0 Å². The van der Waals surface area contributed by atoms with Gasteiger partial charge in [-0.1, -0.05) is 20.3 Å². The van der Waals surface area contributed by atoms with Crippen LogP contribution in [0.25, 0.3) is 0 Å². The fourth-order valence-corrected chi connectivity index (χ4v) is 2.39. The van der Waals surface area contributed by atoms with Crippen molar-refractivity contribution >= 4 is 0 Å². The van der Waals surface area contributed by atoms with Gasteiger partial charge in [-0.25, -0.2) is 0 Å². The number of rotatable bonds is 8. The summed E-state index contributed by atoms with van der Waals surface area (Å²) in [4.78, 5) is 2.55. The Labute approximate surface area is 100 Å². The van der Waals surface area contributed by atoms with Crippen molar-refractivity contribution < 1.29 is 5.11 Å². The van der Waals surface area contributed by atoms with E-state index in [1.165, 1.54) is 25.9 Å². The van der Waals surface area contributed by atoms with Crippen LogP contribution in [0.15, 0.2) is 0 Å². The minimum Gasteiger partial charge on any atom is -0.395 e. The second-order valence-electron chi connectivity index (χ2n) is 4.99. The molecule has 3 heteroatoms. The lowest BCUT2D eigenvalue weighted by Crippen LogP contribution is -2.36. The van der Waals surface area contributed by atoms with Gasteiger partial charge in [0.05, 0.1) is 6.61 Å². The highest BCUT2D eigenvalue weighted by Crippen LogP contribution is 2.19. The lowest BCUT2D eigenvalue weighted by atomic mass is 10.1. The van der Waals surface area contributed by atoms with Crippen LogP contribution in [0.2, 0.25) is 0 Å². The zero-order valence-corrected chi connectivity index (χ0v) is 10.9. The van der Waals surface area contributed by atoms with E-state index in [0.29, 0.717) is 6.04 Å². The topological polar surface area (TPSA) is 35.5 Å². The highest BCUT2D eigenvalue weighted by Gasteiger charge is 2.21. The summed E-state index contributed by atoms with van der Waals surface area (Å²) in [5.74, 6) is 0.913. The average Bonchev–Trinajstić information content (AvgIpc) is 2.77. The summed E-state index contributed by atoms with van der Waals surface area (Å²) in [5.41, 5.74) is 0. The summed E-state index contributed by atoms with van der Waals surface area (Å²) in [6, 6.07) is 0.292. The fourth-order valence-electron chi connectivity index (χ4n) is 2.39. The molecule has 0 spiro atoms. The van der Waals surface area contributed by atoms with E-state index >= 15 is 0 Å². The van der Waals surface area contributed by atoms with E-state index in [1.54, 1.807) is 0 Å². The largest absolute Gasteiger partial charge is 0.395 e. The zero-order chi connectivity index (χ0) is 11.8. The van der Waals surface area contributed by atoms with Crippen molar-refractivity contribution in [3.05, 3.63) is 0 Å². The molecular weight excluding hydrogens is 200 g/mol. The number of likely N-dealkylation sites (tertiary alicyclic amines) is 1. The van der Waals surface area contributed by atoms with Crippen LogP contribution < -0.4 is 5.32 Å². The third-order valence-corrected chi connectivity index (χ3v) is 3.64.